The van der Waals surface area contributed by atoms with Gasteiger partial charge in [0.05, 0.1) is 12.1 Å². The molecule has 1 amide bonds. The smallest absolute Gasteiger partial charge is 0.244 e. The molecule has 1 aromatic rings. The molecule has 1 saturated carbocycles. The molecule has 2 rings (SSSR count). The molecular weight excluding hydrogens is 234 g/mol. The van der Waals surface area contributed by atoms with Crippen LogP contribution in [0, 0.1) is 0 Å². The zero-order valence-electron chi connectivity index (χ0n) is 10.5. The van der Waals surface area contributed by atoms with Crippen LogP contribution in [0.5, 0.6) is 0 Å². The van der Waals surface area contributed by atoms with E-state index in [4.69, 9.17) is 5.73 Å². The summed E-state index contributed by atoms with van der Waals surface area (Å²) in [5.41, 5.74) is 5.39. The second-order valence-corrected chi connectivity index (χ2v) is 4.72. The number of nitrogen functional groups attached to an aromatic ring is 1. The molecule has 18 heavy (non-hydrogen) atoms. The van der Waals surface area contributed by atoms with Gasteiger partial charge in [0.15, 0.2) is 0 Å². The van der Waals surface area contributed by atoms with E-state index in [9.17, 15) is 9.90 Å². The Morgan fingerprint density at radius 1 is 1.61 bits per heavy atom. The van der Waals surface area contributed by atoms with E-state index in [2.05, 4.69) is 10.1 Å². The summed E-state index contributed by atoms with van der Waals surface area (Å²) in [7, 11) is 1.72. The molecule has 100 valence electrons. The molecule has 0 aromatic carbocycles. The van der Waals surface area contributed by atoms with Crippen LogP contribution < -0.4 is 5.73 Å². The number of rotatable bonds is 3. The van der Waals surface area contributed by atoms with Crippen molar-refractivity contribution in [2.24, 2.45) is 0 Å². The number of aliphatic hydroxyl groups is 1. The molecule has 2 unspecified atom stereocenters. The third-order valence-corrected chi connectivity index (χ3v) is 3.44. The van der Waals surface area contributed by atoms with Gasteiger partial charge in [0.1, 0.15) is 12.9 Å². The zero-order chi connectivity index (χ0) is 13.1. The quantitative estimate of drug-likeness (QED) is 0.765. The van der Waals surface area contributed by atoms with Gasteiger partial charge in [-0.05, 0) is 12.8 Å². The van der Waals surface area contributed by atoms with Crippen LogP contribution in [0.3, 0.4) is 0 Å². The number of nitrogens with zero attached hydrogens (tertiary/aromatic N) is 4. The van der Waals surface area contributed by atoms with Crippen LogP contribution in [0.2, 0.25) is 0 Å². The molecule has 0 spiro atoms. The van der Waals surface area contributed by atoms with Gasteiger partial charge >= 0.3 is 0 Å². The molecule has 0 saturated heterocycles. The third-order valence-electron chi connectivity index (χ3n) is 3.44. The van der Waals surface area contributed by atoms with Crippen LogP contribution in [0.15, 0.2) is 6.33 Å². The lowest BCUT2D eigenvalue weighted by molar-refractivity contribution is -0.136. The summed E-state index contributed by atoms with van der Waals surface area (Å²) in [5, 5.41) is 13.8. The Hall–Kier alpha value is -1.63. The van der Waals surface area contributed by atoms with Crippen LogP contribution in [-0.2, 0) is 11.3 Å². The number of hydrogen-bond donors (Lipinski definition) is 2. The average Bonchev–Trinajstić information content (AvgIpc) is 2.74. The lowest BCUT2D eigenvalue weighted by Gasteiger charge is -2.35. The topological polar surface area (TPSA) is 97.3 Å². The first-order chi connectivity index (χ1) is 8.58. The van der Waals surface area contributed by atoms with Gasteiger partial charge in [-0.15, -0.1) is 5.10 Å². The molecule has 3 N–H and O–H groups in total. The summed E-state index contributed by atoms with van der Waals surface area (Å²) >= 11 is 0. The SMILES string of the molecule is CN(C(=O)Cn1cnc(N)n1)C1CCCCC1O. The Kier molecular flexibility index (Phi) is 3.81. The lowest BCUT2D eigenvalue weighted by Crippen LogP contribution is -2.47. The summed E-state index contributed by atoms with van der Waals surface area (Å²) in [6.45, 7) is 0.101. The van der Waals surface area contributed by atoms with Crippen molar-refractivity contribution in [2.75, 3.05) is 12.8 Å². The molecule has 0 bridgehead atoms. The molecule has 0 radical (unpaired) electrons. The van der Waals surface area contributed by atoms with Crippen molar-refractivity contribution in [1.29, 1.82) is 0 Å². The molecule has 1 aliphatic carbocycles. The molecule has 1 fully saturated rings. The number of carbonyl (C=O) groups is 1. The first-order valence-electron chi connectivity index (χ1n) is 6.16. The van der Waals surface area contributed by atoms with E-state index in [0.717, 1.165) is 25.7 Å². The van der Waals surface area contributed by atoms with Crippen molar-refractivity contribution in [3.05, 3.63) is 6.33 Å². The van der Waals surface area contributed by atoms with E-state index < -0.39 is 6.10 Å². The van der Waals surface area contributed by atoms with Crippen LogP contribution in [0.25, 0.3) is 0 Å². The Bertz CT molecular complexity index is 419. The first-order valence-corrected chi connectivity index (χ1v) is 6.16. The van der Waals surface area contributed by atoms with Gasteiger partial charge in [-0.3, -0.25) is 4.79 Å². The summed E-state index contributed by atoms with van der Waals surface area (Å²) in [6, 6.07) is -0.0906. The average molecular weight is 253 g/mol. The van der Waals surface area contributed by atoms with Gasteiger partial charge in [-0.2, -0.15) is 0 Å². The van der Waals surface area contributed by atoms with Gasteiger partial charge < -0.3 is 15.7 Å². The van der Waals surface area contributed by atoms with Gasteiger partial charge in [-0.1, -0.05) is 12.8 Å². The Labute approximate surface area is 106 Å². The number of aromatic nitrogens is 3. The highest BCUT2D eigenvalue weighted by molar-refractivity contribution is 5.76. The van der Waals surface area contributed by atoms with Gasteiger partial charge in [-0.25, -0.2) is 9.67 Å². The number of amides is 1. The highest BCUT2D eigenvalue weighted by Gasteiger charge is 2.29. The number of hydrogen-bond acceptors (Lipinski definition) is 5. The van der Waals surface area contributed by atoms with E-state index in [1.165, 1.54) is 11.0 Å². The second kappa shape index (κ2) is 5.34. The van der Waals surface area contributed by atoms with E-state index in [-0.39, 0.29) is 24.4 Å². The molecule has 1 aromatic heterocycles. The molecular formula is C11H19N5O2. The second-order valence-electron chi connectivity index (χ2n) is 4.72. The van der Waals surface area contributed by atoms with Crippen LogP contribution >= 0.6 is 0 Å². The van der Waals surface area contributed by atoms with Gasteiger partial charge in [0.25, 0.3) is 0 Å². The summed E-state index contributed by atoms with van der Waals surface area (Å²) in [4.78, 5) is 17.4. The van der Waals surface area contributed by atoms with Crippen molar-refractivity contribution in [2.45, 2.75) is 44.4 Å². The number of carbonyl (C=O) groups excluding carboxylic acids is 1. The van der Waals surface area contributed by atoms with E-state index >= 15 is 0 Å². The zero-order valence-corrected chi connectivity index (χ0v) is 10.5. The van der Waals surface area contributed by atoms with Crippen molar-refractivity contribution in [1.82, 2.24) is 19.7 Å². The van der Waals surface area contributed by atoms with Gasteiger partial charge in [0, 0.05) is 7.05 Å². The van der Waals surface area contributed by atoms with Crippen molar-refractivity contribution in [3.63, 3.8) is 0 Å². The van der Waals surface area contributed by atoms with Crippen LogP contribution in [0.4, 0.5) is 5.95 Å². The Morgan fingerprint density at radius 2 is 2.33 bits per heavy atom. The number of likely N-dealkylation sites (N-methyl/N-ethyl adjacent to an activating group) is 1. The van der Waals surface area contributed by atoms with Crippen molar-refractivity contribution >= 4 is 11.9 Å². The molecule has 2 atom stereocenters. The number of anilines is 1. The van der Waals surface area contributed by atoms with Crippen LogP contribution in [-0.4, -0.2) is 49.9 Å². The maximum atomic E-state index is 12.1. The van der Waals surface area contributed by atoms with E-state index in [0.29, 0.717) is 0 Å². The normalized spacial score (nSPS) is 23.9. The monoisotopic (exact) mass is 253 g/mol. The minimum absolute atomic E-state index is 0.0906. The van der Waals surface area contributed by atoms with Crippen LogP contribution in [0.1, 0.15) is 25.7 Å². The fourth-order valence-corrected chi connectivity index (χ4v) is 2.36. The molecule has 1 aliphatic rings. The van der Waals surface area contributed by atoms with Gasteiger partial charge in [0.2, 0.25) is 11.9 Å². The minimum atomic E-state index is -0.423. The molecule has 7 heteroatoms. The summed E-state index contributed by atoms with van der Waals surface area (Å²) < 4.78 is 1.41. The van der Waals surface area contributed by atoms with Crippen molar-refractivity contribution in [3.8, 4) is 0 Å². The third kappa shape index (κ3) is 2.79. The number of aliphatic hydroxyl groups excluding tert-OH is 1. The maximum Gasteiger partial charge on any atom is 0.244 e. The van der Waals surface area contributed by atoms with Crippen molar-refractivity contribution < 1.29 is 9.90 Å². The maximum absolute atomic E-state index is 12.1. The predicted octanol–water partition coefficient (Wildman–Crippen LogP) is -0.378. The minimum Gasteiger partial charge on any atom is -0.391 e. The number of nitrogens with two attached hydrogens (primary N) is 1. The highest BCUT2D eigenvalue weighted by Crippen LogP contribution is 2.22. The molecule has 1 heterocycles. The lowest BCUT2D eigenvalue weighted by atomic mass is 9.91. The fraction of sp³-hybridized carbons (Fsp3) is 0.727. The molecule has 0 aliphatic heterocycles. The summed E-state index contributed by atoms with van der Waals surface area (Å²) in [5.74, 6) is 0.0639. The summed E-state index contributed by atoms with van der Waals surface area (Å²) in [6.07, 6.45) is 4.70. The van der Waals surface area contributed by atoms with E-state index in [1.807, 2.05) is 0 Å². The first kappa shape index (κ1) is 12.8. The fourth-order valence-electron chi connectivity index (χ4n) is 2.36. The highest BCUT2D eigenvalue weighted by atomic mass is 16.3. The van der Waals surface area contributed by atoms with E-state index in [1.54, 1.807) is 11.9 Å². The predicted molar refractivity (Wildman–Crippen MR) is 65.5 cm³/mol. The Morgan fingerprint density at radius 3 is 2.94 bits per heavy atom. The Balaban J connectivity index is 1.95. The molecule has 7 nitrogen and oxygen atoms in total. The largest absolute Gasteiger partial charge is 0.391 e. The standard InChI is InChI=1S/C11H19N5O2/c1-15(8-4-2-3-5-9(8)17)10(18)6-16-7-13-11(12)14-16/h7-9,17H,2-6H2,1H3,(H2,12,14).